The van der Waals surface area contributed by atoms with Gasteiger partial charge in [0.15, 0.2) is 0 Å². The monoisotopic (exact) mass is 496 g/mol. The maximum Gasteiger partial charge on any atom is 0.486 e. The van der Waals surface area contributed by atoms with Gasteiger partial charge in [0.05, 0.1) is 11.1 Å². The Morgan fingerprint density at radius 3 is 2.09 bits per heavy atom. The molecule has 0 heterocycles. The highest BCUT2D eigenvalue weighted by atomic mass is 19.4. The molecular formula is C20H25BF6N3O4. The molecule has 1 saturated carbocycles. The van der Waals surface area contributed by atoms with Crippen molar-refractivity contribution >= 4 is 19.5 Å². The van der Waals surface area contributed by atoms with Gasteiger partial charge in [-0.25, -0.2) is 0 Å². The van der Waals surface area contributed by atoms with Gasteiger partial charge in [-0.05, 0) is 56.0 Å². The Kier molecular flexibility index (Phi) is 9.37. The van der Waals surface area contributed by atoms with Crippen LogP contribution in [0.15, 0.2) is 18.2 Å². The number of hydrogen-bond acceptors (Lipinski definition) is 5. The molecule has 2 amide bonds. The fourth-order valence-corrected chi connectivity index (χ4v) is 3.84. The number of benzene rings is 1. The molecule has 34 heavy (non-hydrogen) atoms. The van der Waals surface area contributed by atoms with Crippen molar-refractivity contribution in [3.8, 4) is 0 Å². The topological polar surface area (TPSA) is 114 Å². The highest BCUT2D eigenvalue weighted by Crippen LogP contribution is 2.39. The average molecular weight is 496 g/mol. The Balaban J connectivity index is 2.21. The van der Waals surface area contributed by atoms with Gasteiger partial charge in [0.2, 0.25) is 11.8 Å². The number of rotatable bonds is 10. The van der Waals surface area contributed by atoms with Crippen LogP contribution in [0, 0.1) is 5.41 Å². The van der Waals surface area contributed by atoms with E-state index in [1.165, 1.54) is 0 Å². The second kappa shape index (κ2) is 11.4. The van der Waals surface area contributed by atoms with Crippen LogP contribution in [0.5, 0.6) is 0 Å². The minimum Gasteiger partial charge on any atom is -0.429 e. The molecule has 1 aromatic rings. The summed E-state index contributed by atoms with van der Waals surface area (Å²) in [7, 11) is 0.384. The quantitative estimate of drug-likeness (QED) is 0.172. The lowest BCUT2D eigenvalue weighted by Crippen LogP contribution is -2.53. The van der Waals surface area contributed by atoms with Crippen LogP contribution >= 0.6 is 0 Å². The molecule has 0 aromatic heterocycles. The molecule has 1 fully saturated rings. The summed E-state index contributed by atoms with van der Waals surface area (Å²) >= 11 is 0. The van der Waals surface area contributed by atoms with Crippen LogP contribution in [-0.4, -0.2) is 37.3 Å². The van der Waals surface area contributed by atoms with Crippen molar-refractivity contribution in [2.24, 2.45) is 11.1 Å². The van der Waals surface area contributed by atoms with Gasteiger partial charge in [-0.3, -0.25) is 9.59 Å². The minimum absolute atomic E-state index is 0.00309. The van der Waals surface area contributed by atoms with E-state index in [-0.39, 0.29) is 31.9 Å². The Morgan fingerprint density at radius 2 is 1.62 bits per heavy atom. The normalized spacial score (nSPS) is 16.7. The summed E-state index contributed by atoms with van der Waals surface area (Å²) in [5.41, 5.74) is 0.435. The number of hydrogen-bond donors (Lipinski definition) is 4. The molecule has 2 rings (SSSR count). The van der Waals surface area contributed by atoms with E-state index in [2.05, 4.69) is 10.6 Å². The molecule has 1 aliphatic carbocycles. The van der Waals surface area contributed by atoms with E-state index in [1.54, 1.807) is 0 Å². The van der Waals surface area contributed by atoms with Crippen molar-refractivity contribution in [2.75, 3.05) is 6.54 Å². The number of carbonyl (C=O) groups excluding carboxylic acids is 2. The van der Waals surface area contributed by atoms with Gasteiger partial charge >= 0.3 is 20.0 Å². The van der Waals surface area contributed by atoms with Gasteiger partial charge in [0, 0.05) is 6.54 Å². The first-order valence-electron chi connectivity index (χ1n) is 10.5. The standard InChI is InChI=1S/C20H25BF6N3O4/c22-19(23,24)13-8-12(9-14(10-13)20(25,26)27)11-29-16(31)18(5-1-2-6-18)17(32)30-15(34-21-33)4-3-7-28/h8-10,15,33H,1-7,11,28H2,(H,29,31)(H,30,32)/t15-/m1/s1. The summed E-state index contributed by atoms with van der Waals surface area (Å²) in [6, 6.07) is 1.03. The molecule has 0 aliphatic heterocycles. The lowest BCUT2D eigenvalue weighted by atomic mass is 9.83. The maximum absolute atomic E-state index is 13.1. The number of nitrogens with two attached hydrogens (primary N) is 1. The zero-order valence-corrected chi connectivity index (χ0v) is 18.1. The Morgan fingerprint density at radius 1 is 1.06 bits per heavy atom. The highest BCUT2D eigenvalue weighted by molar-refractivity contribution is 6.16. The number of carbonyl (C=O) groups is 2. The van der Waals surface area contributed by atoms with E-state index in [1.807, 2.05) is 0 Å². The third kappa shape index (κ3) is 7.09. The zero-order valence-electron chi connectivity index (χ0n) is 18.1. The third-order valence-corrected chi connectivity index (χ3v) is 5.61. The van der Waals surface area contributed by atoms with Crippen molar-refractivity contribution in [1.29, 1.82) is 0 Å². The van der Waals surface area contributed by atoms with Gasteiger partial charge in [-0.15, -0.1) is 0 Å². The van der Waals surface area contributed by atoms with Crippen LogP contribution in [0.4, 0.5) is 26.3 Å². The van der Waals surface area contributed by atoms with Crippen molar-refractivity contribution in [3.05, 3.63) is 34.9 Å². The molecule has 14 heteroatoms. The smallest absolute Gasteiger partial charge is 0.429 e. The van der Waals surface area contributed by atoms with Crippen molar-refractivity contribution in [1.82, 2.24) is 10.6 Å². The molecule has 0 spiro atoms. The number of alkyl halides is 6. The highest BCUT2D eigenvalue weighted by Gasteiger charge is 2.48. The van der Waals surface area contributed by atoms with Crippen molar-refractivity contribution in [3.63, 3.8) is 0 Å². The van der Waals surface area contributed by atoms with Gasteiger partial charge < -0.3 is 26.0 Å². The van der Waals surface area contributed by atoms with E-state index < -0.39 is 59.0 Å². The molecule has 1 aromatic carbocycles. The van der Waals surface area contributed by atoms with E-state index in [0.717, 1.165) is 0 Å². The lowest BCUT2D eigenvalue weighted by Gasteiger charge is -2.29. The molecule has 1 atom stereocenters. The lowest BCUT2D eigenvalue weighted by molar-refractivity contribution is -0.145. The van der Waals surface area contributed by atoms with Crippen LogP contribution in [0.25, 0.3) is 0 Å². The summed E-state index contributed by atoms with van der Waals surface area (Å²) in [6.07, 6.45) is -9.03. The van der Waals surface area contributed by atoms with Crippen molar-refractivity contribution < 1.29 is 45.6 Å². The molecule has 7 nitrogen and oxygen atoms in total. The van der Waals surface area contributed by atoms with Gasteiger partial charge in [0.1, 0.15) is 11.6 Å². The largest absolute Gasteiger partial charge is 0.486 e. The van der Waals surface area contributed by atoms with Crippen LogP contribution < -0.4 is 16.4 Å². The zero-order chi connectivity index (χ0) is 25.6. The van der Waals surface area contributed by atoms with Crippen LogP contribution in [0.3, 0.4) is 0 Å². The van der Waals surface area contributed by atoms with Crippen LogP contribution in [0.1, 0.15) is 55.2 Å². The average Bonchev–Trinajstić information content (AvgIpc) is 3.26. The predicted molar refractivity (Wildman–Crippen MR) is 108 cm³/mol. The van der Waals surface area contributed by atoms with Crippen molar-refractivity contribution in [2.45, 2.75) is 63.7 Å². The molecule has 5 N–H and O–H groups in total. The van der Waals surface area contributed by atoms with Gasteiger partial charge in [-0.2, -0.15) is 26.3 Å². The summed E-state index contributed by atoms with van der Waals surface area (Å²) in [4.78, 5) is 25.9. The minimum atomic E-state index is -5.02. The summed E-state index contributed by atoms with van der Waals surface area (Å²) in [5, 5.41) is 13.7. The molecular weight excluding hydrogens is 471 g/mol. The molecule has 1 aliphatic rings. The molecule has 0 bridgehead atoms. The number of amides is 2. The number of halogens is 6. The Bertz CT molecular complexity index is 827. The first-order chi connectivity index (χ1) is 15.8. The first kappa shape index (κ1) is 27.9. The molecule has 0 saturated heterocycles. The third-order valence-electron chi connectivity index (χ3n) is 5.61. The van der Waals surface area contributed by atoms with Crippen LogP contribution in [-0.2, 0) is 33.1 Å². The van der Waals surface area contributed by atoms with Crippen LogP contribution in [0.2, 0.25) is 0 Å². The fraction of sp³-hybridized carbons (Fsp3) is 0.600. The summed E-state index contributed by atoms with van der Waals surface area (Å²) in [6.45, 7) is -0.359. The van der Waals surface area contributed by atoms with E-state index in [4.69, 9.17) is 15.4 Å². The van der Waals surface area contributed by atoms with Gasteiger partial charge in [0.25, 0.3) is 0 Å². The Hall–Kier alpha value is -2.32. The van der Waals surface area contributed by atoms with Gasteiger partial charge in [-0.1, -0.05) is 12.8 Å². The SMILES string of the molecule is NCCC[C@H](NC(=O)C1(C(=O)NCc2cc(C(F)(F)F)cc(C(F)(F)F)c2)CCCC1)O[B]O. The Labute approximate surface area is 192 Å². The second-order valence-electron chi connectivity index (χ2n) is 8.02. The summed E-state index contributed by atoms with van der Waals surface area (Å²) < 4.78 is 83.4. The summed E-state index contributed by atoms with van der Waals surface area (Å²) in [5.74, 6) is -1.54. The molecule has 189 valence electrons. The maximum atomic E-state index is 13.1. The number of nitrogens with one attached hydrogen (secondary N) is 2. The van der Waals surface area contributed by atoms with E-state index in [0.29, 0.717) is 39.1 Å². The van der Waals surface area contributed by atoms with E-state index >= 15 is 0 Å². The predicted octanol–water partition coefficient (Wildman–Crippen LogP) is 2.63. The first-order valence-corrected chi connectivity index (χ1v) is 10.5. The second-order valence-corrected chi connectivity index (χ2v) is 8.02. The molecule has 1 radical (unpaired) electrons. The molecule has 0 unspecified atom stereocenters. The van der Waals surface area contributed by atoms with E-state index in [9.17, 15) is 35.9 Å². The fourth-order valence-electron chi connectivity index (χ4n) is 3.84.